The fourth-order valence-corrected chi connectivity index (χ4v) is 2.85. The van der Waals surface area contributed by atoms with Gasteiger partial charge in [-0.25, -0.2) is 4.39 Å². The molecule has 1 unspecified atom stereocenters. The second kappa shape index (κ2) is 7.52. The second-order valence-corrected chi connectivity index (χ2v) is 5.47. The first-order chi connectivity index (χ1) is 10.1. The van der Waals surface area contributed by atoms with E-state index >= 15 is 0 Å². The zero-order valence-corrected chi connectivity index (χ0v) is 12.6. The number of benzene rings is 1. The van der Waals surface area contributed by atoms with Crippen molar-refractivity contribution < 1.29 is 18.7 Å². The third-order valence-electron chi connectivity index (χ3n) is 3.83. The van der Waals surface area contributed by atoms with Crippen molar-refractivity contribution in [2.45, 2.75) is 12.8 Å². The van der Waals surface area contributed by atoms with Gasteiger partial charge in [-0.2, -0.15) is 0 Å². The van der Waals surface area contributed by atoms with Gasteiger partial charge in [0.15, 0.2) is 5.78 Å². The van der Waals surface area contributed by atoms with E-state index in [1.54, 1.807) is 7.11 Å². The highest BCUT2D eigenvalue weighted by molar-refractivity contribution is 6.00. The zero-order chi connectivity index (χ0) is 15.2. The Labute approximate surface area is 124 Å². The SMILES string of the molecule is COCC1CCCN(CC(=O)c2cc(F)ccc2OC)C1. The standard InChI is InChI=1S/C16H22FNO3/c1-20-11-12-4-3-7-18(9-12)10-15(19)14-8-13(17)5-6-16(14)21-2/h5-6,8,12H,3-4,7,9-11H2,1-2H3. The maximum atomic E-state index is 13.3. The largest absolute Gasteiger partial charge is 0.496 e. The van der Waals surface area contributed by atoms with E-state index in [4.69, 9.17) is 9.47 Å². The van der Waals surface area contributed by atoms with Crippen LogP contribution in [0.5, 0.6) is 5.75 Å². The Morgan fingerprint density at radius 3 is 2.95 bits per heavy atom. The van der Waals surface area contributed by atoms with E-state index in [1.165, 1.54) is 25.3 Å². The molecule has 1 aromatic carbocycles. The molecule has 116 valence electrons. The fraction of sp³-hybridized carbons (Fsp3) is 0.562. The van der Waals surface area contributed by atoms with E-state index in [0.29, 0.717) is 30.4 Å². The summed E-state index contributed by atoms with van der Waals surface area (Å²) in [4.78, 5) is 14.5. The van der Waals surface area contributed by atoms with Crippen molar-refractivity contribution in [2.75, 3.05) is 40.5 Å². The third kappa shape index (κ3) is 4.25. The number of methoxy groups -OCH3 is 2. The monoisotopic (exact) mass is 295 g/mol. The second-order valence-electron chi connectivity index (χ2n) is 5.47. The minimum Gasteiger partial charge on any atom is -0.496 e. The molecule has 0 aliphatic carbocycles. The van der Waals surface area contributed by atoms with E-state index in [0.717, 1.165) is 25.9 Å². The van der Waals surface area contributed by atoms with Crippen LogP contribution in [-0.2, 0) is 4.74 Å². The van der Waals surface area contributed by atoms with E-state index in [-0.39, 0.29) is 5.78 Å². The van der Waals surface area contributed by atoms with Crippen LogP contribution in [0.25, 0.3) is 0 Å². The van der Waals surface area contributed by atoms with Gasteiger partial charge >= 0.3 is 0 Å². The van der Waals surface area contributed by atoms with Gasteiger partial charge in [0.05, 0.1) is 25.8 Å². The van der Waals surface area contributed by atoms with Crippen molar-refractivity contribution in [1.82, 2.24) is 4.90 Å². The molecule has 0 aromatic heterocycles. The number of hydrogen-bond donors (Lipinski definition) is 0. The number of nitrogens with zero attached hydrogens (tertiary/aromatic N) is 1. The highest BCUT2D eigenvalue weighted by Gasteiger charge is 2.23. The van der Waals surface area contributed by atoms with Crippen LogP contribution in [0.1, 0.15) is 23.2 Å². The minimum absolute atomic E-state index is 0.107. The molecular formula is C16H22FNO3. The third-order valence-corrected chi connectivity index (χ3v) is 3.83. The molecular weight excluding hydrogens is 273 g/mol. The number of hydrogen-bond acceptors (Lipinski definition) is 4. The molecule has 2 rings (SSSR count). The van der Waals surface area contributed by atoms with Gasteiger partial charge in [0.1, 0.15) is 11.6 Å². The summed E-state index contributed by atoms with van der Waals surface area (Å²) in [7, 11) is 3.18. The minimum atomic E-state index is -0.421. The lowest BCUT2D eigenvalue weighted by molar-refractivity contribution is 0.0755. The number of ether oxygens (including phenoxy) is 2. The number of carbonyl (C=O) groups is 1. The molecule has 1 atom stereocenters. The summed E-state index contributed by atoms with van der Waals surface area (Å²) < 4.78 is 23.7. The predicted octanol–water partition coefficient (Wildman–Crippen LogP) is 2.38. The number of Topliss-reactive ketones (excluding diaryl/α,β-unsaturated/α-hetero) is 1. The molecule has 1 aliphatic rings. The Bertz CT molecular complexity index is 490. The number of piperidine rings is 1. The maximum absolute atomic E-state index is 13.3. The summed E-state index contributed by atoms with van der Waals surface area (Å²) in [6.07, 6.45) is 2.18. The summed E-state index contributed by atoms with van der Waals surface area (Å²) in [6.45, 7) is 2.74. The highest BCUT2D eigenvalue weighted by atomic mass is 19.1. The molecule has 4 nitrogen and oxygen atoms in total. The van der Waals surface area contributed by atoms with Crippen LogP contribution >= 0.6 is 0 Å². The van der Waals surface area contributed by atoms with Crippen molar-refractivity contribution in [2.24, 2.45) is 5.92 Å². The van der Waals surface area contributed by atoms with Crippen LogP contribution < -0.4 is 4.74 Å². The number of likely N-dealkylation sites (tertiary alicyclic amines) is 1. The smallest absolute Gasteiger partial charge is 0.180 e. The lowest BCUT2D eigenvalue weighted by Crippen LogP contribution is -2.40. The van der Waals surface area contributed by atoms with Crippen molar-refractivity contribution in [1.29, 1.82) is 0 Å². The number of rotatable bonds is 6. The summed E-state index contributed by atoms with van der Waals surface area (Å²) in [5.41, 5.74) is 0.311. The summed E-state index contributed by atoms with van der Waals surface area (Å²) in [5.74, 6) is 0.359. The van der Waals surface area contributed by atoms with Gasteiger partial charge in [0.2, 0.25) is 0 Å². The van der Waals surface area contributed by atoms with E-state index in [2.05, 4.69) is 4.90 Å². The molecule has 0 N–H and O–H groups in total. The topological polar surface area (TPSA) is 38.8 Å². The van der Waals surface area contributed by atoms with Crippen LogP contribution in [0.15, 0.2) is 18.2 Å². The number of ketones is 1. The summed E-state index contributed by atoms with van der Waals surface area (Å²) >= 11 is 0. The van der Waals surface area contributed by atoms with Gasteiger partial charge in [0, 0.05) is 13.7 Å². The Hall–Kier alpha value is -1.46. The van der Waals surface area contributed by atoms with E-state index in [1.807, 2.05) is 0 Å². The highest BCUT2D eigenvalue weighted by Crippen LogP contribution is 2.22. The van der Waals surface area contributed by atoms with Gasteiger partial charge in [0.25, 0.3) is 0 Å². The number of halogens is 1. The van der Waals surface area contributed by atoms with Crippen molar-refractivity contribution in [3.8, 4) is 5.75 Å². The first-order valence-electron chi connectivity index (χ1n) is 7.22. The molecule has 0 bridgehead atoms. The normalized spacial score (nSPS) is 19.5. The van der Waals surface area contributed by atoms with Crippen LogP contribution in [0, 0.1) is 11.7 Å². The van der Waals surface area contributed by atoms with Gasteiger partial charge in [-0.1, -0.05) is 0 Å². The molecule has 1 fully saturated rings. The Kier molecular flexibility index (Phi) is 5.70. The predicted molar refractivity (Wildman–Crippen MR) is 78.3 cm³/mol. The zero-order valence-electron chi connectivity index (χ0n) is 12.6. The molecule has 1 saturated heterocycles. The molecule has 0 saturated carbocycles. The van der Waals surface area contributed by atoms with Gasteiger partial charge in [-0.3, -0.25) is 9.69 Å². The van der Waals surface area contributed by atoms with Crippen LogP contribution in [0.3, 0.4) is 0 Å². The molecule has 21 heavy (non-hydrogen) atoms. The van der Waals surface area contributed by atoms with Crippen molar-refractivity contribution in [3.63, 3.8) is 0 Å². The van der Waals surface area contributed by atoms with E-state index < -0.39 is 5.82 Å². The van der Waals surface area contributed by atoms with Gasteiger partial charge in [-0.05, 0) is 43.5 Å². The summed E-state index contributed by atoms with van der Waals surface area (Å²) in [6, 6.07) is 4.04. The summed E-state index contributed by atoms with van der Waals surface area (Å²) in [5, 5.41) is 0. The maximum Gasteiger partial charge on any atom is 0.180 e. The van der Waals surface area contributed by atoms with Crippen LogP contribution in [0.4, 0.5) is 4.39 Å². The lowest BCUT2D eigenvalue weighted by atomic mass is 9.98. The quantitative estimate of drug-likeness (QED) is 0.755. The van der Waals surface area contributed by atoms with Gasteiger partial charge < -0.3 is 9.47 Å². The van der Waals surface area contributed by atoms with Gasteiger partial charge in [-0.15, -0.1) is 0 Å². The Morgan fingerprint density at radius 1 is 1.43 bits per heavy atom. The fourth-order valence-electron chi connectivity index (χ4n) is 2.85. The molecule has 0 radical (unpaired) electrons. The molecule has 0 spiro atoms. The Morgan fingerprint density at radius 2 is 2.24 bits per heavy atom. The van der Waals surface area contributed by atoms with Crippen molar-refractivity contribution >= 4 is 5.78 Å². The van der Waals surface area contributed by atoms with Crippen LogP contribution in [0.2, 0.25) is 0 Å². The average Bonchev–Trinajstić information content (AvgIpc) is 2.48. The average molecular weight is 295 g/mol. The molecule has 1 aliphatic heterocycles. The molecule has 5 heteroatoms. The van der Waals surface area contributed by atoms with Crippen LogP contribution in [-0.4, -0.2) is 51.1 Å². The Balaban J connectivity index is 2.02. The first-order valence-corrected chi connectivity index (χ1v) is 7.22. The number of carbonyl (C=O) groups excluding carboxylic acids is 1. The van der Waals surface area contributed by atoms with Crippen molar-refractivity contribution in [3.05, 3.63) is 29.6 Å². The molecule has 1 aromatic rings. The molecule has 1 heterocycles. The molecule has 0 amide bonds. The lowest BCUT2D eigenvalue weighted by Gasteiger charge is -2.31. The first kappa shape index (κ1) is 15.9. The van der Waals surface area contributed by atoms with E-state index in [9.17, 15) is 9.18 Å².